The number of carbonyl (C=O) groups is 1. The van der Waals surface area contributed by atoms with E-state index in [-0.39, 0.29) is 22.8 Å². The maximum absolute atomic E-state index is 12.8. The molecule has 9 heteroatoms. The molecule has 2 amide bonds. The van der Waals surface area contributed by atoms with Crippen LogP contribution in [0.1, 0.15) is 19.4 Å². The summed E-state index contributed by atoms with van der Waals surface area (Å²) < 4.78 is 43.7. The van der Waals surface area contributed by atoms with E-state index in [9.17, 15) is 18.0 Å². The number of pyridine rings is 1. The Hall–Kier alpha value is -2.48. The smallest absolute Gasteiger partial charge is 0.416 e. The van der Waals surface area contributed by atoms with Gasteiger partial charge in [-0.2, -0.15) is 13.2 Å². The molecule has 1 N–H and O–H groups in total. The quantitative estimate of drug-likeness (QED) is 0.697. The van der Waals surface area contributed by atoms with Crippen molar-refractivity contribution in [2.24, 2.45) is 0 Å². The Labute approximate surface area is 153 Å². The summed E-state index contributed by atoms with van der Waals surface area (Å²) in [5, 5.41) is 2.40. The van der Waals surface area contributed by atoms with E-state index in [1.807, 2.05) is 13.8 Å². The van der Waals surface area contributed by atoms with Gasteiger partial charge in [0.1, 0.15) is 10.9 Å². The van der Waals surface area contributed by atoms with Gasteiger partial charge in [-0.1, -0.05) is 11.6 Å². The molecule has 0 saturated carbocycles. The normalized spacial score (nSPS) is 11.2. The van der Waals surface area contributed by atoms with Crippen LogP contribution in [0.5, 0.6) is 11.6 Å². The first-order chi connectivity index (χ1) is 12.2. The van der Waals surface area contributed by atoms with Crippen LogP contribution in [0.2, 0.25) is 5.15 Å². The molecule has 2 rings (SSSR count). The number of aromatic nitrogens is 1. The summed E-state index contributed by atoms with van der Waals surface area (Å²) in [4.78, 5) is 17.3. The Bertz CT molecular complexity index is 763. The first kappa shape index (κ1) is 19.8. The van der Waals surface area contributed by atoms with Crippen LogP contribution in [0.4, 0.5) is 23.7 Å². The van der Waals surface area contributed by atoms with Gasteiger partial charge in [-0.3, -0.25) is 0 Å². The van der Waals surface area contributed by atoms with E-state index < -0.39 is 11.7 Å². The molecule has 1 heterocycles. The maximum atomic E-state index is 12.8. The van der Waals surface area contributed by atoms with E-state index in [4.69, 9.17) is 16.3 Å². The zero-order chi connectivity index (χ0) is 19.3. The van der Waals surface area contributed by atoms with Gasteiger partial charge in [-0.05, 0) is 44.2 Å². The van der Waals surface area contributed by atoms with Crippen LogP contribution in [-0.4, -0.2) is 29.0 Å². The lowest BCUT2D eigenvalue weighted by Crippen LogP contribution is -2.34. The summed E-state index contributed by atoms with van der Waals surface area (Å²) in [6.07, 6.45) is -4.55. The highest BCUT2D eigenvalue weighted by atomic mass is 35.5. The number of benzene rings is 1. The molecule has 5 nitrogen and oxygen atoms in total. The molecular weight excluding hydrogens is 371 g/mol. The second-order valence-corrected chi connectivity index (χ2v) is 5.63. The van der Waals surface area contributed by atoms with Gasteiger partial charge in [0.05, 0.1) is 5.56 Å². The number of alkyl halides is 3. The van der Waals surface area contributed by atoms with Crippen molar-refractivity contribution in [1.29, 1.82) is 0 Å². The Morgan fingerprint density at radius 2 is 1.81 bits per heavy atom. The highest BCUT2D eigenvalue weighted by molar-refractivity contribution is 6.29. The fourth-order valence-electron chi connectivity index (χ4n) is 2.13. The average molecular weight is 388 g/mol. The Morgan fingerprint density at radius 1 is 1.19 bits per heavy atom. The molecule has 2 aromatic rings. The lowest BCUT2D eigenvalue weighted by molar-refractivity contribution is -0.137. The minimum atomic E-state index is -4.55. The number of ether oxygens (including phenoxy) is 1. The van der Waals surface area contributed by atoms with Gasteiger partial charge < -0.3 is 15.0 Å². The predicted molar refractivity (Wildman–Crippen MR) is 92.7 cm³/mol. The SMILES string of the molecule is CCN(CC)C(=O)Nc1ccc(Oc2cc(C(F)(F)F)cc(Cl)n2)cc1. The van der Waals surface area contributed by atoms with Gasteiger partial charge in [-0.25, -0.2) is 9.78 Å². The van der Waals surface area contributed by atoms with Crippen molar-refractivity contribution in [3.8, 4) is 11.6 Å². The van der Waals surface area contributed by atoms with Crippen molar-refractivity contribution < 1.29 is 22.7 Å². The molecule has 0 fully saturated rings. The lowest BCUT2D eigenvalue weighted by Gasteiger charge is -2.19. The topological polar surface area (TPSA) is 54.5 Å². The van der Waals surface area contributed by atoms with E-state index in [0.29, 0.717) is 18.8 Å². The van der Waals surface area contributed by atoms with Crippen LogP contribution in [0, 0.1) is 0 Å². The highest BCUT2D eigenvalue weighted by Crippen LogP contribution is 2.33. The van der Waals surface area contributed by atoms with Gasteiger partial charge in [0.15, 0.2) is 0 Å². The number of carbonyl (C=O) groups excluding carboxylic acids is 1. The number of nitrogens with one attached hydrogen (secondary N) is 1. The van der Waals surface area contributed by atoms with Gasteiger partial charge in [0.2, 0.25) is 5.88 Å². The van der Waals surface area contributed by atoms with Crippen LogP contribution < -0.4 is 10.1 Å². The van der Waals surface area contributed by atoms with E-state index in [2.05, 4.69) is 10.3 Å². The van der Waals surface area contributed by atoms with Crippen molar-refractivity contribution in [2.75, 3.05) is 18.4 Å². The molecule has 140 valence electrons. The highest BCUT2D eigenvalue weighted by Gasteiger charge is 2.31. The zero-order valence-corrected chi connectivity index (χ0v) is 14.9. The number of rotatable bonds is 5. The van der Waals surface area contributed by atoms with E-state index in [1.54, 1.807) is 17.0 Å². The third-order valence-electron chi connectivity index (χ3n) is 3.48. The number of urea groups is 1. The summed E-state index contributed by atoms with van der Waals surface area (Å²) >= 11 is 5.62. The van der Waals surface area contributed by atoms with Crippen LogP contribution in [0.25, 0.3) is 0 Å². The molecule has 0 spiro atoms. The molecule has 0 aliphatic heterocycles. The lowest BCUT2D eigenvalue weighted by atomic mass is 10.2. The van der Waals surface area contributed by atoms with Gasteiger partial charge in [-0.15, -0.1) is 0 Å². The second kappa shape index (κ2) is 8.27. The van der Waals surface area contributed by atoms with Crippen LogP contribution in [-0.2, 0) is 6.18 Å². The summed E-state index contributed by atoms with van der Waals surface area (Å²) in [5.74, 6) is -0.0153. The molecule has 0 aliphatic rings. The number of halogens is 4. The summed E-state index contributed by atoms with van der Waals surface area (Å²) in [6.45, 7) is 4.89. The molecule has 0 unspecified atom stereocenters. The van der Waals surface area contributed by atoms with Crippen molar-refractivity contribution >= 4 is 23.3 Å². The molecule has 0 radical (unpaired) electrons. The van der Waals surface area contributed by atoms with Crippen LogP contribution >= 0.6 is 11.6 Å². The first-order valence-corrected chi connectivity index (χ1v) is 8.19. The monoisotopic (exact) mass is 387 g/mol. The molecule has 26 heavy (non-hydrogen) atoms. The standard InChI is InChI=1S/C17H17ClF3N3O2/c1-3-24(4-2)16(25)22-12-5-7-13(8-6-12)26-15-10-11(17(19,20)21)9-14(18)23-15/h5-10H,3-4H2,1-2H3,(H,22,25). The second-order valence-electron chi connectivity index (χ2n) is 5.24. The Kier molecular flexibility index (Phi) is 6.31. The molecule has 0 atom stereocenters. The minimum Gasteiger partial charge on any atom is -0.439 e. The molecule has 1 aromatic carbocycles. The van der Waals surface area contributed by atoms with E-state index in [1.165, 1.54) is 12.1 Å². The van der Waals surface area contributed by atoms with Gasteiger partial charge >= 0.3 is 12.2 Å². The molecule has 0 saturated heterocycles. The first-order valence-electron chi connectivity index (χ1n) is 7.81. The number of nitrogens with zero attached hydrogens (tertiary/aromatic N) is 2. The summed E-state index contributed by atoms with van der Waals surface area (Å²) in [7, 11) is 0. The van der Waals surface area contributed by atoms with E-state index in [0.717, 1.165) is 12.1 Å². The fraction of sp³-hybridized carbons (Fsp3) is 0.294. The number of anilines is 1. The molecule has 0 aliphatic carbocycles. The Morgan fingerprint density at radius 3 is 2.35 bits per heavy atom. The van der Waals surface area contributed by atoms with Crippen molar-refractivity contribution in [3.05, 3.63) is 47.1 Å². The van der Waals surface area contributed by atoms with Gasteiger partial charge in [0.25, 0.3) is 0 Å². The Balaban J connectivity index is 2.10. The van der Waals surface area contributed by atoms with Crippen molar-refractivity contribution in [3.63, 3.8) is 0 Å². The summed E-state index contributed by atoms with van der Waals surface area (Å²) in [5.41, 5.74) is -0.417. The number of amides is 2. The zero-order valence-electron chi connectivity index (χ0n) is 14.1. The fourth-order valence-corrected chi connectivity index (χ4v) is 2.33. The molecule has 0 bridgehead atoms. The maximum Gasteiger partial charge on any atom is 0.416 e. The van der Waals surface area contributed by atoms with E-state index >= 15 is 0 Å². The molecular formula is C17H17ClF3N3O2. The number of hydrogen-bond acceptors (Lipinski definition) is 3. The van der Waals surface area contributed by atoms with Crippen molar-refractivity contribution in [2.45, 2.75) is 20.0 Å². The van der Waals surface area contributed by atoms with Crippen molar-refractivity contribution in [1.82, 2.24) is 9.88 Å². The number of hydrogen-bond donors (Lipinski definition) is 1. The van der Waals surface area contributed by atoms with Crippen LogP contribution in [0.3, 0.4) is 0 Å². The third-order valence-corrected chi connectivity index (χ3v) is 3.67. The predicted octanol–water partition coefficient (Wildman–Crippen LogP) is 5.42. The third kappa shape index (κ3) is 5.26. The largest absolute Gasteiger partial charge is 0.439 e. The summed E-state index contributed by atoms with van der Waals surface area (Å²) in [6, 6.07) is 7.41. The van der Waals surface area contributed by atoms with Gasteiger partial charge in [0, 0.05) is 24.8 Å². The minimum absolute atomic E-state index is 0.241. The van der Waals surface area contributed by atoms with Crippen LogP contribution in [0.15, 0.2) is 36.4 Å². The average Bonchev–Trinajstić information content (AvgIpc) is 2.56. The molecule has 1 aromatic heterocycles.